The predicted molar refractivity (Wildman–Crippen MR) is 98.9 cm³/mol. The molecule has 0 unspecified atom stereocenters. The Kier molecular flexibility index (Phi) is 4.46. The van der Waals surface area contributed by atoms with Gasteiger partial charge >= 0.3 is 0 Å². The standard InChI is InChI=1S/C19H18N4O2S/c1-12(18(25)15-6-5-13-3-2-4-14(13)11-15)26-19-20-21-22-23(19)16-7-9-17(24)10-8-16/h5-12,24H,2-4H2,1H3/t12-/m1/s1. The maximum absolute atomic E-state index is 12.8. The lowest BCUT2D eigenvalue weighted by Crippen LogP contribution is -2.15. The predicted octanol–water partition coefficient (Wildman–Crippen LogP) is 3.22. The van der Waals surface area contributed by atoms with Crippen molar-refractivity contribution in [2.75, 3.05) is 0 Å². The van der Waals surface area contributed by atoms with Crippen LogP contribution in [0.1, 0.15) is 34.8 Å². The minimum absolute atomic E-state index is 0.0740. The molecule has 26 heavy (non-hydrogen) atoms. The van der Waals surface area contributed by atoms with Crippen LogP contribution in [0.3, 0.4) is 0 Å². The fourth-order valence-electron chi connectivity index (χ4n) is 3.18. The molecule has 0 saturated heterocycles. The average molecular weight is 366 g/mol. The first kappa shape index (κ1) is 16.8. The highest BCUT2D eigenvalue weighted by atomic mass is 32.2. The van der Waals surface area contributed by atoms with Crippen molar-refractivity contribution < 1.29 is 9.90 Å². The van der Waals surface area contributed by atoms with Gasteiger partial charge in [0, 0.05) is 5.56 Å². The zero-order valence-corrected chi connectivity index (χ0v) is 15.1. The third-order valence-corrected chi connectivity index (χ3v) is 5.60. The molecule has 1 aliphatic rings. The molecule has 1 heterocycles. The highest BCUT2D eigenvalue weighted by Gasteiger charge is 2.22. The van der Waals surface area contributed by atoms with Crippen LogP contribution in [0, 0.1) is 0 Å². The minimum atomic E-state index is -0.309. The van der Waals surface area contributed by atoms with E-state index in [4.69, 9.17) is 0 Å². The van der Waals surface area contributed by atoms with E-state index in [1.165, 1.54) is 29.3 Å². The smallest absolute Gasteiger partial charge is 0.214 e. The van der Waals surface area contributed by atoms with Gasteiger partial charge in [-0.2, -0.15) is 4.68 Å². The third-order valence-electron chi connectivity index (χ3n) is 4.57. The molecular weight excluding hydrogens is 348 g/mol. The number of carbonyl (C=O) groups is 1. The number of aromatic hydroxyl groups is 1. The fourth-order valence-corrected chi connectivity index (χ4v) is 4.06. The summed E-state index contributed by atoms with van der Waals surface area (Å²) in [6, 6.07) is 12.6. The van der Waals surface area contributed by atoms with Crippen molar-refractivity contribution in [2.45, 2.75) is 36.6 Å². The Balaban J connectivity index is 1.53. The number of rotatable bonds is 5. The minimum Gasteiger partial charge on any atom is -0.508 e. The van der Waals surface area contributed by atoms with E-state index < -0.39 is 0 Å². The van der Waals surface area contributed by atoms with E-state index in [1.54, 1.807) is 28.9 Å². The molecule has 0 radical (unpaired) electrons. The molecule has 0 aliphatic heterocycles. The first-order chi connectivity index (χ1) is 12.6. The lowest BCUT2D eigenvalue weighted by molar-refractivity contribution is 0.0993. The Hall–Kier alpha value is -2.67. The average Bonchev–Trinajstić information content (AvgIpc) is 3.30. The van der Waals surface area contributed by atoms with E-state index in [0.29, 0.717) is 5.16 Å². The zero-order chi connectivity index (χ0) is 18.1. The molecule has 7 heteroatoms. The number of nitrogens with zero attached hydrogens (tertiary/aromatic N) is 4. The molecule has 0 fully saturated rings. The van der Waals surface area contributed by atoms with Crippen molar-refractivity contribution in [2.24, 2.45) is 0 Å². The molecule has 1 atom stereocenters. The molecule has 0 spiro atoms. The number of ketones is 1. The van der Waals surface area contributed by atoms with Gasteiger partial charge in [-0.05, 0) is 78.1 Å². The molecule has 0 amide bonds. The van der Waals surface area contributed by atoms with Gasteiger partial charge in [0.05, 0.1) is 10.9 Å². The van der Waals surface area contributed by atoms with E-state index in [-0.39, 0.29) is 16.8 Å². The monoisotopic (exact) mass is 366 g/mol. The Morgan fingerprint density at radius 1 is 1.15 bits per heavy atom. The Morgan fingerprint density at radius 3 is 2.73 bits per heavy atom. The fraction of sp³-hybridized carbons (Fsp3) is 0.263. The first-order valence-corrected chi connectivity index (χ1v) is 9.40. The summed E-state index contributed by atoms with van der Waals surface area (Å²) in [7, 11) is 0. The summed E-state index contributed by atoms with van der Waals surface area (Å²) in [5, 5.41) is 21.4. The number of tetrazole rings is 1. The second-order valence-electron chi connectivity index (χ2n) is 6.35. The van der Waals surface area contributed by atoms with Crippen LogP contribution in [0.4, 0.5) is 0 Å². The molecule has 6 nitrogen and oxygen atoms in total. The normalized spacial score (nSPS) is 14.2. The van der Waals surface area contributed by atoms with Crippen LogP contribution in [0.15, 0.2) is 47.6 Å². The van der Waals surface area contributed by atoms with Crippen molar-refractivity contribution in [3.63, 3.8) is 0 Å². The Labute approximate surface area is 155 Å². The second kappa shape index (κ2) is 6.92. The molecule has 0 saturated carbocycles. The van der Waals surface area contributed by atoms with Crippen LogP contribution in [-0.4, -0.2) is 36.3 Å². The molecule has 4 rings (SSSR count). The Morgan fingerprint density at radius 2 is 1.92 bits per heavy atom. The number of hydrogen-bond donors (Lipinski definition) is 1. The summed E-state index contributed by atoms with van der Waals surface area (Å²) in [6.07, 6.45) is 3.32. The summed E-state index contributed by atoms with van der Waals surface area (Å²) in [6.45, 7) is 1.87. The number of benzene rings is 2. The van der Waals surface area contributed by atoms with Crippen molar-refractivity contribution >= 4 is 17.5 Å². The molecule has 1 aliphatic carbocycles. The maximum Gasteiger partial charge on any atom is 0.214 e. The van der Waals surface area contributed by atoms with Crippen LogP contribution >= 0.6 is 11.8 Å². The summed E-state index contributed by atoms with van der Waals surface area (Å²) in [5.41, 5.74) is 4.13. The number of aryl methyl sites for hydroxylation is 2. The molecule has 0 bridgehead atoms. The molecule has 1 aromatic heterocycles. The molecular formula is C19H18N4O2S. The molecule has 1 N–H and O–H groups in total. The SMILES string of the molecule is C[C@@H](Sc1nnnn1-c1ccc(O)cc1)C(=O)c1ccc2c(c1)CCC2. The molecule has 2 aromatic carbocycles. The number of fused-ring (bicyclic) bond motifs is 1. The number of carbonyl (C=O) groups excluding carboxylic acids is 1. The van der Waals surface area contributed by atoms with Crippen LogP contribution in [0.5, 0.6) is 5.75 Å². The number of hydrogen-bond acceptors (Lipinski definition) is 6. The van der Waals surface area contributed by atoms with E-state index in [2.05, 4.69) is 21.6 Å². The molecule has 3 aromatic rings. The summed E-state index contributed by atoms with van der Waals surface area (Å²) < 4.78 is 1.57. The third kappa shape index (κ3) is 3.22. The van der Waals surface area contributed by atoms with Gasteiger partial charge in [0.2, 0.25) is 5.16 Å². The lowest BCUT2D eigenvalue weighted by atomic mass is 10.0. The van der Waals surface area contributed by atoms with Gasteiger partial charge < -0.3 is 5.11 Å². The number of phenols is 1. The van der Waals surface area contributed by atoms with E-state index in [0.717, 1.165) is 24.1 Å². The Bertz CT molecular complexity index is 952. The van der Waals surface area contributed by atoms with Crippen molar-refractivity contribution in [3.8, 4) is 11.4 Å². The van der Waals surface area contributed by atoms with Gasteiger partial charge in [0.25, 0.3) is 0 Å². The van der Waals surface area contributed by atoms with Gasteiger partial charge in [-0.25, -0.2) is 0 Å². The van der Waals surface area contributed by atoms with Gasteiger partial charge in [-0.1, -0.05) is 23.9 Å². The quantitative estimate of drug-likeness (QED) is 0.552. The van der Waals surface area contributed by atoms with Crippen LogP contribution in [0.25, 0.3) is 5.69 Å². The lowest BCUT2D eigenvalue weighted by Gasteiger charge is -2.11. The highest BCUT2D eigenvalue weighted by molar-refractivity contribution is 8.00. The van der Waals surface area contributed by atoms with Crippen molar-refractivity contribution in [3.05, 3.63) is 59.2 Å². The summed E-state index contributed by atoms with van der Waals surface area (Å²) >= 11 is 1.33. The highest BCUT2D eigenvalue weighted by Crippen LogP contribution is 2.28. The number of phenolic OH excluding ortho intramolecular Hbond substituents is 1. The first-order valence-electron chi connectivity index (χ1n) is 8.52. The van der Waals surface area contributed by atoms with Crippen molar-refractivity contribution in [1.82, 2.24) is 20.2 Å². The number of Topliss-reactive ketones (excluding diaryl/α,β-unsaturated/α-hetero) is 1. The van der Waals surface area contributed by atoms with Gasteiger partial charge in [-0.3, -0.25) is 4.79 Å². The van der Waals surface area contributed by atoms with Gasteiger partial charge in [0.1, 0.15) is 5.75 Å². The van der Waals surface area contributed by atoms with Crippen molar-refractivity contribution in [1.29, 1.82) is 0 Å². The van der Waals surface area contributed by atoms with Crippen LogP contribution in [-0.2, 0) is 12.8 Å². The topological polar surface area (TPSA) is 80.9 Å². The summed E-state index contributed by atoms with van der Waals surface area (Å²) in [4.78, 5) is 12.8. The van der Waals surface area contributed by atoms with Crippen LogP contribution in [0.2, 0.25) is 0 Å². The zero-order valence-electron chi connectivity index (χ0n) is 14.3. The van der Waals surface area contributed by atoms with E-state index in [1.807, 2.05) is 19.1 Å². The van der Waals surface area contributed by atoms with Gasteiger partial charge in [-0.15, -0.1) is 5.10 Å². The molecule has 132 valence electrons. The second-order valence-corrected chi connectivity index (χ2v) is 7.66. The number of thioether (sulfide) groups is 1. The van der Waals surface area contributed by atoms with E-state index >= 15 is 0 Å². The van der Waals surface area contributed by atoms with Gasteiger partial charge in [0.15, 0.2) is 5.78 Å². The van der Waals surface area contributed by atoms with E-state index in [9.17, 15) is 9.90 Å². The number of aromatic nitrogens is 4. The summed E-state index contributed by atoms with van der Waals surface area (Å²) in [5.74, 6) is 0.251. The maximum atomic E-state index is 12.8. The largest absolute Gasteiger partial charge is 0.508 e. The van der Waals surface area contributed by atoms with Crippen LogP contribution < -0.4 is 0 Å².